The molecule has 0 fully saturated rings. The molecule has 1 aliphatic rings. The minimum Gasteiger partial charge on any atom is -0.497 e. The van der Waals surface area contributed by atoms with Gasteiger partial charge in [-0.15, -0.1) is 6.58 Å². The van der Waals surface area contributed by atoms with Crippen LogP contribution in [0.2, 0.25) is 5.02 Å². The first-order valence-corrected chi connectivity index (χ1v) is 10.0. The summed E-state index contributed by atoms with van der Waals surface area (Å²) in [6.07, 6.45) is 1.66. The second kappa shape index (κ2) is 8.65. The highest BCUT2D eigenvalue weighted by Crippen LogP contribution is 2.38. The van der Waals surface area contributed by atoms with E-state index in [9.17, 15) is 4.79 Å². The van der Waals surface area contributed by atoms with Crippen LogP contribution in [-0.4, -0.2) is 34.7 Å². The molecular formula is C23H21ClN4O3. The Morgan fingerprint density at radius 3 is 2.84 bits per heavy atom. The average Bonchev–Trinajstić information content (AvgIpc) is 3.26. The highest BCUT2D eigenvalue weighted by atomic mass is 35.5. The molecular weight excluding hydrogens is 416 g/mol. The van der Waals surface area contributed by atoms with Gasteiger partial charge < -0.3 is 14.6 Å². The van der Waals surface area contributed by atoms with Crippen LogP contribution in [0, 0.1) is 0 Å². The molecule has 1 aliphatic heterocycles. The molecule has 31 heavy (non-hydrogen) atoms. The molecule has 0 saturated carbocycles. The van der Waals surface area contributed by atoms with E-state index in [-0.39, 0.29) is 6.03 Å². The van der Waals surface area contributed by atoms with Gasteiger partial charge in [0.05, 0.1) is 18.7 Å². The monoisotopic (exact) mass is 436 g/mol. The smallest absolute Gasteiger partial charge is 0.322 e. The molecule has 2 amide bonds. The fraction of sp³-hybridized carbons (Fsp3) is 0.174. The van der Waals surface area contributed by atoms with Gasteiger partial charge in [-0.25, -0.2) is 4.79 Å². The summed E-state index contributed by atoms with van der Waals surface area (Å²) in [6.45, 7) is 5.95. The van der Waals surface area contributed by atoms with Crippen molar-refractivity contribution in [1.29, 1.82) is 0 Å². The highest BCUT2D eigenvalue weighted by molar-refractivity contribution is 6.30. The van der Waals surface area contributed by atoms with E-state index in [1.807, 2.05) is 43.3 Å². The van der Waals surface area contributed by atoms with E-state index in [1.165, 1.54) is 0 Å². The van der Waals surface area contributed by atoms with Gasteiger partial charge in [-0.05, 0) is 36.8 Å². The minimum atomic E-state index is -0.490. The summed E-state index contributed by atoms with van der Waals surface area (Å²) in [5, 5.41) is 7.75. The molecule has 2 heterocycles. The molecule has 1 unspecified atom stereocenters. The van der Waals surface area contributed by atoms with Crippen molar-refractivity contribution in [3.63, 3.8) is 0 Å². The number of methoxy groups -OCH3 is 1. The van der Waals surface area contributed by atoms with Gasteiger partial charge in [-0.1, -0.05) is 47.1 Å². The van der Waals surface area contributed by atoms with Gasteiger partial charge in [0.2, 0.25) is 5.82 Å². The summed E-state index contributed by atoms with van der Waals surface area (Å²) < 4.78 is 11.0. The van der Waals surface area contributed by atoms with Crippen molar-refractivity contribution in [2.45, 2.75) is 13.0 Å². The van der Waals surface area contributed by atoms with E-state index in [4.69, 9.17) is 20.9 Å². The van der Waals surface area contributed by atoms with Crippen molar-refractivity contribution in [3.05, 3.63) is 83.4 Å². The van der Waals surface area contributed by atoms with Crippen molar-refractivity contribution >= 4 is 23.2 Å². The molecule has 1 aromatic heterocycles. The fourth-order valence-corrected chi connectivity index (χ4v) is 3.75. The topological polar surface area (TPSA) is 80.5 Å². The predicted octanol–water partition coefficient (Wildman–Crippen LogP) is 5.08. The Labute approximate surface area is 185 Å². The van der Waals surface area contributed by atoms with Gasteiger partial charge >= 0.3 is 6.03 Å². The average molecular weight is 437 g/mol. The van der Waals surface area contributed by atoms with Gasteiger partial charge in [0.1, 0.15) is 5.75 Å². The van der Waals surface area contributed by atoms with Gasteiger partial charge in [0, 0.05) is 22.8 Å². The molecule has 0 spiro atoms. The standard InChI is InChI=1S/C23H21ClN4O3/c1-4-11-28-14(2)19(20(25-23(28)29)15-7-6-10-18(13-15)30-3)22-26-21(27-31-22)16-8-5-9-17(24)12-16/h4-10,12-13,20H,1,11H2,2-3H3,(H,25,29). The van der Waals surface area contributed by atoms with Crippen molar-refractivity contribution in [3.8, 4) is 17.1 Å². The lowest BCUT2D eigenvalue weighted by molar-refractivity contribution is 0.209. The lowest BCUT2D eigenvalue weighted by Gasteiger charge is -2.34. The molecule has 0 aliphatic carbocycles. The predicted molar refractivity (Wildman–Crippen MR) is 119 cm³/mol. The highest BCUT2D eigenvalue weighted by Gasteiger charge is 2.35. The number of halogens is 1. The largest absolute Gasteiger partial charge is 0.497 e. The molecule has 1 atom stereocenters. The van der Waals surface area contributed by atoms with Crippen molar-refractivity contribution in [2.75, 3.05) is 13.7 Å². The number of aromatic nitrogens is 2. The molecule has 0 bridgehead atoms. The summed E-state index contributed by atoms with van der Waals surface area (Å²) >= 11 is 6.10. The Morgan fingerprint density at radius 1 is 1.29 bits per heavy atom. The summed E-state index contributed by atoms with van der Waals surface area (Å²) in [4.78, 5) is 19.0. The lowest BCUT2D eigenvalue weighted by Crippen LogP contribution is -2.46. The number of allylic oxidation sites excluding steroid dienone is 1. The zero-order valence-electron chi connectivity index (χ0n) is 17.1. The van der Waals surface area contributed by atoms with E-state index in [0.717, 1.165) is 11.1 Å². The number of carbonyl (C=O) groups is 1. The number of ether oxygens (including phenoxy) is 1. The van der Waals surface area contributed by atoms with E-state index < -0.39 is 6.04 Å². The Morgan fingerprint density at radius 2 is 2.10 bits per heavy atom. The fourth-order valence-electron chi connectivity index (χ4n) is 3.56. The van der Waals surface area contributed by atoms with Gasteiger partial charge in [0.15, 0.2) is 0 Å². The zero-order valence-corrected chi connectivity index (χ0v) is 17.9. The number of benzene rings is 2. The molecule has 4 rings (SSSR count). The SMILES string of the molecule is C=CCN1C(=O)NC(c2cccc(OC)c2)C(c2nc(-c3cccc(Cl)c3)no2)=C1C. The Kier molecular flexibility index (Phi) is 5.77. The molecule has 1 N–H and O–H groups in total. The van der Waals surface area contributed by atoms with E-state index in [0.29, 0.717) is 40.3 Å². The van der Waals surface area contributed by atoms with Crippen LogP contribution in [0.3, 0.4) is 0 Å². The molecule has 0 radical (unpaired) electrons. The second-order valence-corrected chi connectivity index (χ2v) is 7.43. The maximum atomic E-state index is 12.8. The Bertz CT molecular complexity index is 1170. The number of amides is 2. The van der Waals surface area contributed by atoms with Crippen molar-refractivity contribution in [2.24, 2.45) is 0 Å². The summed E-state index contributed by atoms with van der Waals surface area (Å²) in [7, 11) is 1.60. The van der Waals surface area contributed by atoms with Crippen LogP contribution in [0.25, 0.3) is 17.0 Å². The van der Waals surface area contributed by atoms with E-state index in [2.05, 4.69) is 22.0 Å². The molecule has 158 valence electrons. The first-order valence-electron chi connectivity index (χ1n) is 9.65. The first-order chi connectivity index (χ1) is 15.0. The number of nitrogens with one attached hydrogen (secondary N) is 1. The van der Waals surface area contributed by atoms with Gasteiger partial charge in [-0.3, -0.25) is 4.90 Å². The van der Waals surface area contributed by atoms with Crippen molar-refractivity contribution < 1.29 is 14.1 Å². The number of urea groups is 1. The maximum Gasteiger partial charge on any atom is 0.322 e. The second-order valence-electron chi connectivity index (χ2n) is 6.99. The third-order valence-corrected chi connectivity index (χ3v) is 5.31. The van der Waals surface area contributed by atoms with Crippen LogP contribution < -0.4 is 10.1 Å². The summed E-state index contributed by atoms with van der Waals surface area (Å²) in [5.74, 6) is 1.41. The number of carbonyl (C=O) groups excluding carboxylic acids is 1. The molecule has 3 aromatic rings. The number of hydrogen-bond acceptors (Lipinski definition) is 5. The number of rotatable bonds is 6. The minimum absolute atomic E-state index is 0.233. The molecule has 8 heteroatoms. The molecule has 7 nitrogen and oxygen atoms in total. The van der Waals surface area contributed by atoms with Crippen LogP contribution in [0.15, 0.2) is 71.4 Å². The third-order valence-electron chi connectivity index (χ3n) is 5.07. The number of nitrogens with zero attached hydrogens (tertiary/aromatic N) is 3. The Hall–Kier alpha value is -3.58. The lowest BCUT2D eigenvalue weighted by atomic mass is 9.94. The molecule has 0 saturated heterocycles. The van der Waals surface area contributed by atoms with Crippen molar-refractivity contribution in [1.82, 2.24) is 20.4 Å². The van der Waals surface area contributed by atoms with E-state index >= 15 is 0 Å². The molecule has 2 aromatic carbocycles. The van der Waals surface area contributed by atoms with Crippen LogP contribution in [-0.2, 0) is 0 Å². The van der Waals surface area contributed by atoms with Crippen LogP contribution >= 0.6 is 11.6 Å². The summed E-state index contributed by atoms with van der Waals surface area (Å²) in [6, 6.07) is 14.0. The normalized spacial score (nSPS) is 16.3. The Balaban J connectivity index is 1.83. The quantitative estimate of drug-likeness (QED) is 0.545. The first kappa shape index (κ1) is 20.7. The zero-order chi connectivity index (χ0) is 22.0. The van der Waals surface area contributed by atoms with Crippen LogP contribution in [0.4, 0.5) is 4.79 Å². The third kappa shape index (κ3) is 4.04. The maximum absolute atomic E-state index is 12.8. The van der Waals surface area contributed by atoms with Crippen LogP contribution in [0.5, 0.6) is 5.75 Å². The van der Waals surface area contributed by atoms with Gasteiger partial charge in [0.25, 0.3) is 5.89 Å². The van der Waals surface area contributed by atoms with Crippen LogP contribution in [0.1, 0.15) is 24.4 Å². The van der Waals surface area contributed by atoms with E-state index in [1.54, 1.807) is 30.2 Å². The summed E-state index contributed by atoms with van der Waals surface area (Å²) in [5.41, 5.74) is 2.98. The number of hydrogen-bond donors (Lipinski definition) is 1. The van der Waals surface area contributed by atoms with Gasteiger partial charge in [-0.2, -0.15) is 4.98 Å².